The van der Waals surface area contributed by atoms with E-state index in [1.54, 1.807) is 24.3 Å². The molecule has 8 nitrogen and oxygen atoms in total. The van der Waals surface area contributed by atoms with E-state index in [1.807, 2.05) is 43.9 Å². The van der Waals surface area contributed by atoms with E-state index < -0.39 is 11.6 Å². The topological polar surface area (TPSA) is 105 Å². The van der Waals surface area contributed by atoms with E-state index in [0.29, 0.717) is 24.2 Å². The standard InChI is InChI=1S/C26H28N4O4/c1-15(2)26(24(32)28-25(33)29-26)19-7-5-18(6-8-19)23(31)30-12-10-17(11-13-30)22-27-20-9-4-16(3)14-21(20)34-22/h4-9,14-15,17H,10-13H2,1-3H3,(H2,28,29,32,33). The van der Waals surface area contributed by atoms with Gasteiger partial charge in [-0.2, -0.15) is 0 Å². The first-order chi connectivity index (χ1) is 16.3. The lowest BCUT2D eigenvalue weighted by molar-refractivity contribution is -0.125. The van der Waals surface area contributed by atoms with Gasteiger partial charge in [0.1, 0.15) is 11.1 Å². The maximum atomic E-state index is 13.1. The molecular weight excluding hydrogens is 432 g/mol. The van der Waals surface area contributed by atoms with Gasteiger partial charge in [0.25, 0.3) is 11.8 Å². The quantitative estimate of drug-likeness (QED) is 0.576. The van der Waals surface area contributed by atoms with E-state index in [2.05, 4.69) is 15.6 Å². The fourth-order valence-corrected chi connectivity index (χ4v) is 5.02. The van der Waals surface area contributed by atoms with Gasteiger partial charge in [-0.1, -0.05) is 32.0 Å². The van der Waals surface area contributed by atoms with Crippen molar-refractivity contribution in [3.63, 3.8) is 0 Å². The molecule has 2 N–H and O–H groups in total. The highest BCUT2D eigenvalue weighted by atomic mass is 16.3. The van der Waals surface area contributed by atoms with Gasteiger partial charge in [0.2, 0.25) is 0 Å². The molecule has 1 atom stereocenters. The molecule has 0 saturated carbocycles. The Kier molecular flexibility index (Phi) is 5.38. The van der Waals surface area contributed by atoms with Crippen LogP contribution >= 0.6 is 0 Å². The third-order valence-electron chi connectivity index (χ3n) is 7.04. The highest BCUT2D eigenvalue weighted by Crippen LogP contribution is 2.34. The summed E-state index contributed by atoms with van der Waals surface area (Å²) in [5.41, 5.74) is 2.90. The Morgan fingerprint density at radius 3 is 2.44 bits per heavy atom. The summed E-state index contributed by atoms with van der Waals surface area (Å²) in [6, 6.07) is 12.5. The second-order valence-corrected chi connectivity index (χ2v) is 9.54. The molecule has 3 heterocycles. The molecule has 2 aliphatic rings. The van der Waals surface area contributed by atoms with Crippen molar-refractivity contribution >= 4 is 28.9 Å². The number of hydrogen-bond acceptors (Lipinski definition) is 5. The Hall–Kier alpha value is -3.68. The van der Waals surface area contributed by atoms with Crippen molar-refractivity contribution < 1.29 is 18.8 Å². The average molecular weight is 461 g/mol. The number of hydrogen-bond donors (Lipinski definition) is 2. The minimum atomic E-state index is -1.13. The minimum absolute atomic E-state index is 0.0447. The Balaban J connectivity index is 1.27. The molecule has 34 heavy (non-hydrogen) atoms. The molecule has 2 aromatic carbocycles. The van der Waals surface area contributed by atoms with Gasteiger partial charge in [0, 0.05) is 24.6 Å². The maximum Gasteiger partial charge on any atom is 0.322 e. The number of amides is 4. The van der Waals surface area contributed by atoms with Crippen molar-refractivity contribution in [2.75, 3.05) is 13.1 Å². The lowest BCUT2D eigenvalue weighted by atomic mass is 9.79. The SMILES string of the molecule is Cc1ccc2nc(C3CCN(C(=O)c4ccc(C5(C(C)C)NC(=O)NC5=O)cc4)CC3)oc2c1. The Bertz CT molecular complexity index is 1270. The summed E-state index contributed by atoms with van der Waals surface area (Å²) < 4.78 is 6.00. The average Bonchev–Trinajstić information content (AvgIpc) is 3.39. The number of nitrogens with one attached hydrogen (secondary N) is 2. The first kappa shape index (κ1) is 22.1. The van der Waals surface area contributed by atoms with Crippen LogP contribution in [0, 0.1) is 12.8 Å². The van der Waals surface area contributed by atoms with Crippen molar-refractivity contribution in [1.29, 1.82) is 0 Å². The molecule has 2 saturated heterocycles. The molecule has 2 aliphatic heterocycles. The lowest BCUT2D eigenvalue weighted by Crippen LogP contribution is -2.48. The molecule has 4 amide bonds. The van der Waals surface area contributed by atoms with Gasteiger partial charge in [0.05, 0.1) is 0 Å². The number of likely N-dealkylation sites (tertiary alicyclic amines) is 1. The number of urea groups is 1. The fraction of sp³-hybridized carbons (Fsp3) is 0.385. The zero-order valence-corrected chi connectivity index (χ0v) is 19.6. The number of fused-ring (bicyclic) bond motifs is 1. The Morgan fingerprint density at radius 2 is 1.82 bits per heavy atom. The number of imide groups is 1. The van der Waals surface area contributed by atoms with E-state index >= 15 is 0 Å². The van der Waals surface area contributed by atoms with Crippen LogP contribution in [-0.2, 0) is 10.3 Å². The van der Waals surface area contributed by atoms with Crippen LogP contribution in [0.25, 0.3) is 11.1 Å². The van der Waals surface area contributed by atoms with Crippen molar-refractivity contribution in [2.24, 2.45) is 5.92 Å². The van der Waals surface area contributed by atoms with Crippen LogP contribution in [0.4, 0.5) is 4.79 Å². The molecule has 1 aromatic heterocycles. The van der Waals surface area contributed by atoms with Crippen LogP contribution in [0.2, 0.25) is 0 Å². The van der Waals surface area contributed by atoms with Crippen molar-refractivity contribution in [3.8, 4) is 0 Å². The van der Waals surface area contributed by atoms with Crippen LogP contribution in [0.1, 0.15) is 60.0 Å². The predicted molar refractivity (Wildman–Crippen MR) is 126 cm³/mol. The minimum Gasteiger partial charge on any atom is -0.440 e. The van der Waals surface area contributed by atoms with E-state index in [-0.39, 0.29) is 23.7 Å². The van der Waals surface area contributed by atoms with Gasteiger partial charge in [-0.05, 0) is 61.1 Å². The highest BCUT2D eigenvalue weighted by molar-refractivity contribution is 6.07. The summed E-state index contributed by atoms with van der Waals surface area (Å²) in [6.45, 7) is 7.03. The summed E-state index contributed by atoms with van der Waals surface area (Å²) in [5.74, 6) is 0.359. The number of carbonyl (C=O) groups excluding carboxylic acids is 3. The van der Waals surface area contributed by atoms with E-state index in [4.69, 9.17) is 4.42 Å². The lowest BCUT2D eigenvalue weighted by Gasteiger charge is -2.32. The van der Waals surface area contributed by atoms with E-state index in [9.17, 15) is 14.4 Å². The second kappa shape index (κ2) is 8.27. The van der Waals surface area contributed by atoms with Gasteiger partial charge < -0.3 is 14.6 Å². The molecule has 5 rings (SSSR count). The van der Waals surface area contributed by atoms with Crippen LogP contribution in [-0.4, -0.2) is 40.8 Å². The van der Waals surface area contributed by atoms with Crippen LogP contribution in [0.3, 0.4) is 0 Å². The molecule has 0 bridgehead atoms. The second-order valence-electron chi connectivity index (χ2n) is 9.54. The largest absolute Gasteiger partial charge is 0.440 e. The molecule has 176 valence electrons. The third-order valence-corrected chi connectivity index (χ3v) is 7.04. The summed E-state index contributed by atoms with van der Waals surface area (Å²) in [7, 11) is 0. The number of carbonyl (C=O) groups is 3. The number of rotatable bonds is 4. The van der Waals surface area contributed by atoms with E-state index in [0.717, 1.165) is 35.4 Å². The summed E-state index contributed by atoms with van der Waals surface area (Å²) in [4.78, 5) is 44.0. The zero-order chi connectivity index (χ0) is 24.0. The van der Waals surface area contributed by atoms with Gasteiger partial charge in [-0.3, -0.25) is 14.9 Å². The summed E-state index contributed by atoms with van der Waals surface area (Å²) in [6.07, 6.45) is 1.58. The van der Waals surface area contributed by atoms with Crippen LogP contribution in [0.15, 0.2) is 46.9 Å². The van der Waals surface area contributed by atoms with Gasteiger partial charge in [-0.15, -0.1) is 0 Å². The highest BCUT2D eigenvalue weighted by Gasteiger charge is 2.50. The molecule has 3 aromatic rings. The van der Waals surface area contributed by atoms with Crippen molar-refractivity contribution in [2.45, 2.75) is 45.1 Å². The van der Waals surface area contributed by atoms with E-state index in [1.165, 1.54) is 0 Å². The summed E-state index contributed by atoms with van der Waals surface area (Å²) >= 11 is 0. The number of nitrogens with zero attached hydrogens (tertiary/aromatic N) is 2. The molecule has 8 heteroatoms. The first-order valence-corrected chi connectivity index (χ1v) is 11.7. The number of piperidine rings is 1. The summed E-state index contributed by atoms with van der Waals surface area (Å²) in [5, 5.41) is 5.10. The number of oxazole rings is 1. The fourth-order valence-electron chi connectivity index (χ4n) is 5.02. The zero-order valence-electron chi connectivity index (χ0n) is 19.6. The molecular formula is C26H28N4O4. The van der Waals surface area contributed by atoms with Gasteiger partial charge in [-0.25, -0.2) is 9.78 Å². The molecule has 2 fully saturated rings. The van der Waals surface area contributed by atoms with Crippen molar-refractivity contribution in [1.82, 2.24) is 20.5 Å². The number of aromatic nitrogens is 1. The van der Waals surface area contributed by atoms with Crippen LogP contribution in [0.5, 0.6) is 0 Å². The molecule has 0 aliphatic carbocycles. The molecule has 1 unspecified atom stereocenters. The Morgan fingerprint density at radius 1 is 1.12 bits per heavy atom. The number of benzene rings is 2. The molecule has 0 radical (unpaired) electrons. The predicted octanol–water partition coefficient (Wildman–Crippen LogP) is 3.85. The van der Waals surface area contributed by atoms with Crippen LogP contribution < -0.4 is 10.6 Å². The third kappa shape index (κ3) is 3.63. The van der Waals surface area contributed by atoms with Crippen molar-refractivity contribution in [3.05, 3.63) is 65.0 Å². The van der Waals surface area contributed by atoms with Gasteiger partial charge >= 0.3 is 6.03 Å². The van der Waals surface area contributed by atoms with Gasteiger partial charge in [0.15, 0.2) is 11.5 Å². The smallest absolute Gasteiger partial charge is 0.322 e. The monoisotopic (exact) mass is 460 g/mol. The number of aryl methyl sites for hydroxylation is 1. The molecule has 0 spiro atoms. The normalized spacial score (nSPS) is 21.2. The first-order valence-electron chi connectivity index (χ1n) is 11.7. The Labute approximate surface area is 197 Å². The maximum absolute atomic E-state index is 13.1.